The average molecular weight is 397 g/mol. The minimum atomic E-state index is -0.621. The number of carbonyl (C=O) groups is 2. The van der Waals surface area contributed by atoms with Crippen LogP contribution in [0.15, 0.2) is 48.5 Å². The third-order valence-corrected chi connectivity index (χ3v) is 4.14. The van der Waals surface area contributed by atoms with Gasteiger partial charge in [-0.05, 0) is 60.9 Å². The molecule has 0 aromatic heterocycles. The van der Waals surface area contributed by atoms with Crippen molar-refractivity contribution in [2.24, 2.45) is 0 Å². The van der Waals surface area contributed by atoms with Crippen molar-refractivity contribution in [3.05, 3.63) is 70.3 Å². The number of rotatable bonds is 7. The number of nitriles is 1. The highest BCUT2D eigenvalue weighted by Crippen LogP contribution is 2.19. The Hall–Kier alpha value is -3.10. The Balaban J connectivity index is 2.01. The first-order chi connectivity index (χ1) is 13.4. The first-order valence-electron chi connectivity index (χ1n) is 8.75. The molecule has 0 saturated heterocycles. The van der Waals surface area contributed by atoms with Gasteiger partial charge in [-0.3, -0.25) is 4.79 Å². The van der Waals surface area contributed by atoms with E-state index in [1.165, 1.54) is 11.0 Å². The molecule has 2 rings (SSSR count). The van der Waals surface area contributed by atoms with Crippen LogP contribution in [0.4, 0.5) is 5.69 Å². The molecule has 2 aromatic carbocycles. The number of halogens is 1. The number of amides is 1. The van der Waals surface area contributed by atoms with Gasteiger partial charge < -0.3 is 9.64 Å². The molecule has 0 aliphatic heterocycles. The van der Waals surface area contributed by atoms with Crippen LogP contribution in [-0.2, 0) is 14.3 Å². The quantitative estimate of drug-likeness (QED) is 0.511. The molecular weight excluding hydrogens is 376 g/mol. The van der Waals surface area contributed by atoms with Crippen LogP contribution in [0.5, 0.6) is 0 Å². The second-order valence-corrected chi connectivity index (χ2v) is 6.73. The topological polar surface area (TPSA) is 70.4 Å². The van der Waals surface area contributed by atoms with Crippen molar-refractivity contribution in [3.63, 3.8) is 0 Å². The number of hydrogen-bond acceptors (Lipinski definition) is 4. The smallest absolute Gasteiger partial charge is 0.331 e. The molecule has 0 N–H and O–H groups in total. The van der Waals surface area contributed by atoms with E-state index in [2.05, 4.69) is 0 Å². The summed E-state index contributed by atoms with van der Waals surface area (Å²) in [5.74, 6) is -1.00. The molecule has 144 valence electrons. The van der Waals surface area contributed by atoms with Crippen LogP contribution in [0.3, 0.4) is 0 Å². The molecule has 0 heterocycles. The Labute approximate surface area is 169 Å². The predicted octanol–water partition coefficient (Wildman–Crippen LogP) is 4.46. The standard InChI is InChI=1S/C22H21ClN2O3/c1-16-12-17(2)14-20(13-16)25(11-3-10-24)21(26)15-28-22(27)9-6-18-4-7-19(23)8-5-18/h4-9,12-14H,3,11,15H2,1-2H3/b9-6+. The van der Waals surface area contributed by atoms with Gasteiger partial charge in [-0.2, -0.15) is 5.26 Å². The lowest BCUT2D eigenvalue weighted by Gasteiger charge is -2.22. The van der Waals surface area contributed by atoms with Crippen molar-refractivity contribution in [3.8, 4) is 6.07 Å². The van der Waals surface area contributed by atoms with Gasteiger partial charge in [-0.1, -0.05) is 29.8 Å². The highest BCUT2D eigenvalue weighted by Gasteiger charge is 2.17. The normalized spacial score (nSPS) is 10.5. The van der Waals surface area contributed by atoms with Crippen LogP contribution in [0.1, 0.15) is 23.1 Å². The van der Waals surface area contributed by atoms with Crippen LogP contribution >= 0.6 is 11.6 Å². The summed E-state index contributed by atoms with van der Waals surface area (Å²) in [5.41, 5.74) is 3.49. The maximum atomic E-state index is 12.6. The molecule has 0 aliphatic carbocycles. The van der Waals surface area contributed by atoms with Crippen molar-refractivity contribution in [2.75, 3.05) is 18.1 Å². The van der Waals surface area contributed by atoms with E-state index in [-0.39, 0.29) is 18.9 Å². The van der Waals surface area contributed by atoms with Gasteiger partial charge in [-0.15, -0.1) is 0 Å². The molecule has 1 amide bonds. The first-order valence-corrected chi connectivity index (χ1v) is 9.13. The molecule has 6 heteroatoms. The molecule has 2 aromatic rings. The van der Waals surface area contributed by atoms with Gasteiger partial charge in [0.15, 0.2) is 6.61 Å². The molecule has 0 spiro atoms. The molecule has 0 aliphatic rings. The number of esters is 1. The fourth-order valence-corrected chi connectivity index (χ4v) is 2.79. The van der Waals surface area contributed by atoms with Crippen molar-refractivity contribution in [1.29, 1.82) is 5.26 Å². The molecule has 0 fully saturated rings. The van der Waals surface area contributed by atoms with Crippen molar-refractivity contribution in [2.45, 2.75) is 20.3 Å². The van der Waals surface area contributed by atoms with Crippen LogP contribution < -0.4 is 4.90 Å². The van der Waals surface area contributed by atoms with E-state index in [9.17, 15) is 9.59 Å². The number of anilines is 1. The maximum Gasteiger partial charge on any atom is 0.331 e. The van der Waals surface area contributed by atoms with Gasteiger partial charge in [-0.25, -0.2) is 4.79 Å². The lowest BCUT2D eigenvalue weighted by molar-refractivity contribution is -0.142. The van der Waals surface area contributed by atoms with Crippen LogP contribution in [0.25, 0.3) is 6.08 Å². The maximum absolute atomic E-state index is 12.6. The van der Waals surface area contributed by atoms with Gasteiger partial charge >= 0.3 is 5.97 Å². The SMILES string of the molecule is Cc1cc(C)cc(N(CCC#N)C(=O)COC(=O)/C=C/c2ccc(Cl)cc2)c1. The summed E-state index contributed by atoms with van der Waals surface area (Å²) >= 11 is 5.82. The molecule has 0 radical (unpaired) electrons. The highest BCUT2D eigenvalue weighted by molar-refractivity contribution is 6.30. The molecule has 0 saturated carbocycles. The zero-order chi connectivity index (χ0) is 20.5. The number of nitrogens with zero attached hydrogens (tertiary/aromatic N) is 2. The Bertz CT molecular complexity index is 894. The number of ether oxygens (including phenoxy) is 1. The van der Waals surface area contributed by atoms with Crippen LogP contribution in [0.2, 0.25) is 5.02 Å². The first kappa shape index (κ1) is 21.2. The summed E-state index contributed by atoms with van der Waals surface area (Å²) in [7, 11) is 0. The van der Waals surface area contributed by atoms with Gasteiger partial charge in [0.25, 0.3) is 5.91 Å². The third kappa shape index (κ3) is 6.57. The van der Waals surface area contributed by atoms with E-state index >= 15 is 0 Å². The van der Waals surface area contributed by atoms with E-state index < -0.39 is 12.6 Å². The van der Waals surface area contributed by atoms with Crippen LogP contribution in [-0.4, -0.2) is 25.0 Å². The zero-order valence-electron chi connectivity index (χ0n) is 15.8. The summed E-state index contributed by atoms with van der Waals surface area (Å²) < 4.78 is 5.07. The summed E-state index contributed by atoms with van der Waals surface area (Å²) in [6, 6.07) is 14.7. The molecule has 0 atom stereocenters. The lowest BCUT2D eigenvalue weighted by Crippen LogP contribution is -2.35. The summed E-state index contributed by atoms with van der Waals surface area (Å²) in [6.07, 6.45) is 3.02. The monoisotopic (exact) mass is 396 g/mol. The second kappa shape index (κ2) is 10.3. The van der Waals surface area contributed by atoms with E-state index in [4.69, 9.17) is 21.6 Å². The Morgan fingerprint density at radius 1 is 1.14 bits per heavy atom. The molecule has 0 bridgehead atoms. The zero-order valence-corrected chi connectivity index (χ0v) is 16.6. The number of benzene rings is 2. The molecular formula is C22H21ClN2O3. The molecule has 0 unspecified atom stereocenters. The summed E-state index contributed by atoms with van der Waals surface area (Å²) in [4.78, 5) is 26.0. The Morgan fingerprint density at radius 2 is 1.79 bits per heavy atom. The van der Waals surface area contributed by atoms with E-state index in [1.54, 1.807) is 30.3 Å². The van der Waals surface area contributed by atoms with Gasteiger partial charge in [0.05, 0.1) is 12.5 Å². The number of aryl methyl sites for hydroxylation is 2. The van der Waals surface area contributed by atoms with Gasteiger partial charge in [0.1, 0.15) is 0 Å². The largest absolute Gasteiger partial charge is 0.452 e. The molecule has 28 heavy (non-hydrogen) atoms. The van der Waals surface area contributed by atoms with Crippen LogP contribution in [0, 0.1) is 25.2 Å². The van der Waals surface area contributed by atoms with E-state index in [0.29, 0.717) is 10.7 Å². The van der Waals surface area contributed by atoms with E-state index in [0.717, 1.165) is 16.7 Å². The van der Waals surface area contributed by atoms with Gasteiger partial charge in [0.2, 0.25) is 0 Å². The van der Waals surface area contributed by atoms with E-state index in [1.807, 2.05) is 38.1 Å². The predicted molar refractivity (Wildman–Crippen MR) is 110 cm³/mol. The summed E-state index contributed by atoms with van der Waals surface area (Å²) in [6.45, 7) is 3.70. The third-order valence-electron chi connectivity index (χ3n) is 3.89. The fourth-order valence-electron chi connectivity index (χ4n) is 2.66. The Morgan fingerprint density at radius 3 is 2.39 bits per heavy atom. The average Bonchev–Trinajstić information content (AvgIpc) is 2.65. The Kier molecular flexibility index (Phi) is 7.79. The minimum absolute atomic E-state index is 0.184. The number of carbonyl (C=O) groups excluding carboxylic acids is 2. The summed E-state index contributed by atoms with van der Waals surface area (Å²) in [5, 5.41) is 9.48. The lowest BCUT2D eigenvalue weighted by atomic mass is 10.1. The van der Waals surface area contributed by atoms with Crippen molar-refractivity contribution < 1.29 is 14.3 Å². The molecule has 5 nitrogen and oxygen atoms in total. The highest BCUT2D eigenvalue weighted by atomic mass is 35.5. The van der Waals surface area contributed by atoms with Crippen molar-refractivity contribution >= 4 is 35.2 Å². The van der Waals surface area contributed by atoms with Gasteiger partial charge in [0, 0.05) is 23.3 Å². The van der Waals surface area contributed by atoms with Crippen molar-refractivity contribution in [1.82, 2.24) is 0 Å². The second-order valence-electron chi connectivity index (χ2n) is 6.29. The number of hydrogen-bond donors (Lipinski definition) is 0. The fraction of sp³-hybridized carbons (Fsp3) is 0.227. The minimum Gasteiger partial charge on any atom is -0.452 e.